The zero-order valence-electron chi connectivity index (χ0n) is 10.7. The Bertz CT molecular complexity index is 530. The topological polar surface area (TPSA) is 58.6 Å². The van der Waals surface area contributed by atoms with Gasteiger partial charge in [-0.3, -0.25) is 0 Å². The molecule has 0 amide bonds. The van der Waals surface area contributed by atoms with Gasteiger partial charge in [0, 0.05) is 23.6 Å². The number of benzene rings is 1. The van der Waals surface area contributed by atoms with Gasteiger partial charge in [-0.15, -0.1) is 0 Å². The second-order valence-electron chi connectivity index (χ2n) is 4.41. The van der Waals surface area contributed by atoms with E-state index >= 15 is 0 Å². The summed E-state index contributed by atoms with van der Waals surface area (Å²) in [6, 6.07) is 7.33. The van der Waals surface area contributed by atoms with E-state index in [1.807, 2.05) is 31.2 Å². The molecule has 2 rings (SSSR count). The smallest absolute Gasteiger partial charge is 0.280 e. The van der Waals surface area contributed by atoms with E-state index in [1.165, 1.54) is 4.31 Å². The van der Waals surface area contributed by atoms with Crippen LogP contribution in [0.4, 0.5) is 0 Å². The Morgan fingerprint density at radius 1 is 1.37 bits per heavy atom. The molecule has 0 saturated carbocycles. The van der Waals surface area contributed by atoms with Crippen molar-refractivity contribution in [3.05, 3.63) is 34.3 Å². The molecule has 1 aliphatic rings. The summed E-state index contributed by atoms with van der Waals surface area (Å²) < 4.78 is 34.6. The molecule has 0 aliphatic carbocycles. The van der Waals surface area contributed by atoms with Gasteiger partial charge >= 0.3 is 0 Å². The number of halogens is 1. The lowest BCUT2D eigenvalue weighted by Gasteiger charge is -2.27. The Kier molecular flexibility index (Phi) is 4.97. The molecule has 0 spiro atoms. The second-order valence-corrected chi connectivity index (χ2v) is 7.03. The number of nitrogens with zero attached hydrogens (tertiary/aromatic N) is 1. The number of morpholine rings is 1. The highest BCUT2D eigenvalue weighted by atomic mass is 79.9. The molecule has 1 unspecified atom stereocenters. The van der Waals surface area contributed by atoms with Crippen molar-refractivity contribution < 1.29 is 13.2 Å². The summed E-state index contributed by atoms with van der Waals surface area (Å²) in [5, 5.41) is 0. The average Bonchev–Trinajstić information content (AvgIpc) is 2.39. The fourth-order valence-electron chi connectivity index (χ4n) is 1.93. The van der Waals surface area contributed by atoms with E-state index in [0.29, 0.717) is 26.3 Å². The van der Waals surface area contributed by atoms with Gasteiger partial charge in [0.1, 0.15) is 0 Å². The summed E-state index contributed by atoms with van der Waals surface area (Å²) in [6.07, 6.45) is 0. The quantitative estimate of drug-likeness (QED) is 0.900. The van der Waals surface area contributed by atoms with Gasteiger partial charge in [0.25, 0.3) is 10.2 Å². The van der Waals surface area contributed by atoms with Gasteiger partial charge in [0.15, 0.2) is 0 Å². The predicted octanol–water partition coefficient (Wildman–Crippen LogP) is 1.68. The summed E-state index contributed by atoms with van der Waals surface area (Å²) >= 11 is 3.38. The van der Waals surface area contributed by atoms with Crippen molar-refractivity contribution in [2.24, 2.45) is 0 Å². The summed E-state index contributed by atoms with van der Waals surface area (Å²) in [6.45, 7) is 3.54. The molecular formula is C12H17BrN2O3S. The Balaban J connectivity index is 2.07. The number of rotatable bonds is 4. The van der Waals surface area contributed by atoms with Crippen molar-refractivity contribution in [2.75, 3.05) is 26.3 Å². The van der Waals surface area contributed by atoms with Gasteiger partial charge in [0.05, 0.1) is 13.2 Å². The normalized spacial score (nSPS) is 19.3. The van der Waals surface area contributed by atoms with E-state index in [1.54, 1.807) is 0 Å². The van der Waals surface area contributed by atoms with E-state index in [2.05, 4.69) is 20.7 Å². The summed E-state index contributed by atoms with van der Waals surface area (Å²) in [4.78, 5) is 0. The van der Waals surface area contributed by atoms with Crippen molar-refractivity contribution >= 4 is 26.1 Å². The molecule has 106 valence electrons. The lowest BCUT2D eigenvalue weighted by Crippen LogP contribution is -2.47. The zero-order valence-corrected chi connectivity index (χ0v) is 13.1. The maximum atomic E-state index is 12.2. The number of ether oxygens (including phenoxy) is 1. The zero-order chi connectivity index (χ0) is 13.9. The third-order valence-corrected chi connectivity index (χ3v) is 5.17. The predicted molar refractivity (Wildman–Crippen MR) is 77.0 cm³/mol. The van der Waals surface area contributed by atoms with Gasteiger partial charge < -0.3 is 4.74 Å². The van der Waals surface area contributed by atoms with E-state index in [-0.39, 0.29) is 6.04 Å². The molecule has 1 heterocycles. The molecule has 1 aromatic carbocycles. The van der Waals surface area contributed by atoms with Crippen LogP contribution in [0.2, 0.25) is 0 Å². The van der Waals surface area contributed by atoms with Crippen molar-refractivity contribution in [3.8, 4) is 0 Å². The minimum atomic E-state index is -3.46. The lowest BCUT2D eigenvalue weighted by atomic mass is 10.1. The first-order chi connectivity index (χ1) is 8.99. The summed E-state index contributed by atoms with van der Waals surface area (Å²) in [7, 11) is -3.46. The molecule has 1 saturated heterocycles. The van der Waals surface area contributed by atoms with E-state index < -0.39 is 10.2 Å². The third-order valence-electron chi connectivity index (χ3n) is 2.98. The molecule has 1 aromatic rings. The molecule has 1 fully saturated rings. The van der Waals surface area contributed by atoms with E-state index in [9.17, 15) is 8.42 Å². The van der Waals surface area contributed by atoms with Crippen molar-refractivity contribution in [2.45, 2.75) is 13.0 Å². The van der Waals surface area contributed by atoms with Crippen LogP contribution < -0.4 is 4.72 Å². The molecule has 7 heteroatoms. The first kappa shape index (κ1) is 14.9. The largest absolute Gasteiger partial charge is 0.379 e. The minimum Gasteiger partial charge on any atom is -0.379 e. The van der Waals surface area contributed by atoms with Crippen molar-refractivity contribution in [1.29, 1.82) is 0 Å². The Morgan fingerprint density at radius 3 is 2.68 bits per heavy atom. The summed E-state index contributed by atoms with van der Waals surface area (Å²) in [5.74, 6) is 0. The first-order valence-corrected chi connectivity index (χ1v) is 8.33. The highest BCUT2D eigenvalue weighted by Gasteiger charge is 2.26. The molecule has 19 heavy (non-hydrogen) atoms. The third kappa shape index (κ3) is 4.00. The molecule has 0 radical (unpaired) electrons. The summed E-state index contributed by atoms with van der Waals surface area (Å²) in [5.41, 5.74) is 0.922. The van der Waals surface area contributed by atoms with Crippen LogP contribution in [0, 0.1) is 0 Å². The first-order valence-electron chi connectivity index (χ1n) is 6.09. The number of hydrogen-bond donors (Lipinski definition) is 1. The SMILES string of the molecule is CC(NS(=O)(=O)N1CCOCC1)c1cccc(Br)c1. The lowest BCUT2D eigenvalue weighted by molar-refractivity contribution is 0.0723. The molecule has 1 atom stereocenters. The molecule has 1 aliphatic heterocycles. The maximum Gasteiger partial charge on any atom is 0.280 e. The van der Waals surface area contributed by atoms with Gasteiger partial charge in [-0.1, -0.05) is 28.1 Å². The van der Waals surface area contributed by atoms with Gasteiger partial charge in [-0.2, -0.15) is 17.4 Å². The van der Waals surface area contributed by atoms with Crippen LogP contribution in [0.5, 0.6) is 0 Å². The second kappa shape index (κ2) is 6.32. The van der Waals surface area contributed by atoms with Crippen LogP contribution in [-0.2, 0) is 14.9 Å². The van der Waals surface area contributed by atoms with E-state index in [0.717, 1.165) is 10.0 Å². The fraction of sp³-hybridized carbons (Fsp3) is 0.500. The highest BCUT2D eigenvalue weighted by Crippen LogP contribution is 2.19. The van der Waals surface area contributed by atoms with Crippen molar-refractivity contribution in [1.82, 2.24) is 9.03 Å². The van der Waals surface area contributed by atoms with Crippen molar-refractivity contribution in [3.63, 3.8) is 0 Å². The van der Waals surface area contributed by atoms with Crippen LogP contribution in [0.3, 0.4) is 0 Å². The molecular weight excluding hydrogens is 332 g/mol. The fourth-order valence-corrected chi connectivity index (χ4v) is 3.71. The highest BCUT2D eigenvalue weighted by molar-refractivity contribution is 9.10. The van der Waals surface area contributed by atoms with Crippen LogP contribution in [0.25, 0.3) is 0 Å². The molecule has 0 aromatic heterocycles. The standard InChI is InChI=1S/C12H17BrN2O3S/c1-10(11-3-2-4-12(13)9-11)14-19(16,17)15-5-7-18-8-6-15/h2-4,9-10,14H,5-8H2,1H3. The van der Waals surface area contributed by atoms with Crippen LogP contribution >= 0.6 is 15.9 Å². The molecule has 1 N–H and O–H groups in total. The van der Waals surface area contributed by atoms with Gasteiger partial charge in [-0.05, 0) is 24.6 Å². The van der Waals surface area contributed by atoms with Crippen LogP contribution in [0.1, 0.15) is 18.5 Å². The Hall–Kier alpha value is -0.470. The number of nitrogens with one attached hydrogen (secondary N) is 1. The molecule has 0 bridgehead atoms. The molecule has 5 nitrogen and oxygen atoms in total. The Morgan fingerprint density at radius 2 is 2.05 bits per heavy atom. The Labute approximate surface area is 122 Å². The minimum absolute atomic E-state index is 0.273. The monoisotopic (exact) mass is 348 g/mol. The van der Waals surface area contributed by atoms with E-state index in [4.69, 9.17) is 4.74 Å². The number of hydrogen-bond acceptors (Lipinski definition) is 3. The van der Waals surface area contributed by atoms with Crippen LogP contribution in [0.15, 0.2) is 28.7 Å². The van der Waals surface area contributed by atoms with Crippen LogP contribution in [-0.4, -0.2) is 39.0 Å². The maximum absolute atomic E-state index is 12.2. The average molecular weight is 349 g/mol. The van der Waals surface area contributed by atoms with Gasteiger partial charge in [0.2, 0.25) is 0 Å². The van der Waals surface area contributed by atoms with Gasteiger partial charge in [-0.25, -0.2) is 0 Å².